The second-order valence-electron chi connectivity index (χ2n) is 2.13. The van der Waals surface area contributed by atoms with Crippen molar-refractivity contribution in [3.05, 3.63) is 25.7 Å². The molecule has 12 heavy (non-hydrogen) atoms. The summed E-state index contributed by atoms with van der Waals surface area (Å²) in [5, 5.41) is 0. The molecule has 0 bridgehead atoms. The van der Waals surface area contributed by atoms with Crippen LogP contribution in [0, 0.1) is 3.57 Å². The van der Waals surface area contributed by atoms with E-state index in [2.05, 4.69) is 38.5 Å². The van der Waals surface area contributed by atoms with Crippen molar-refractivity contribution < 1.29 is 9.53 Å². The summed E-state index contributed by atoms with van der Waals surface area (Å²) in [6.07, 6.45) is 0.785. The maximum atomic E-state index is 10.6. The van der Waals surface area contributed by atoms with Crippen molar-refractivity contribution in [2.45, 2.75) is 0 Å². The normalized spacial score (nSPS) is 9.58. The Morgan fingerprint density at radius 1 is 1.58 bits per heavy atom. The zero-order valence-corrected chi connectivity index (χ0v) is 10.0. The molecule has 0 aliphatic heterocycles. The number of methoxy groups -OCH3 is 1. The monoisotopic (exact) mass is 340 g/mol. The number of hydrogen-bond acceptors (Lipinski definition) is 2. The summed E-state index contributed by atoms with van der Waals surface area (Å²) in [6.45, 7) is 0. The van der Waals surface area contributed by atoms with Gasteiger partial charge in [0.2, 0.25) is 0 Å². The van der Waals surface area contributed by atoms with Crippen LogP contribution in [0.5, 0.6) is 5.75 Å². The van der Waals surface area contributed by atoms with Gasteiger partial charge in [0.1, 0.15) is 5.75 Å². The lowest BCUT2D eigenvalue weighted by molar-refractivity contribution is 0.112. The number of halogens is 2. The molecule has 0 aromatic heterocycles. The zero-order chi connectivity index (χ0) is 9.14. The van der Waals surface area contributed by atoms with Gasteiger partial charge >= 0.3 is 0 Å². The molecular weight excluding hydrogens is 335 g/mol. The molecule has 0 unspecified atom stereocenters. The van der Waals surface area contributed by atoms with Crippen molar-refractivity contribution in [2.75, 3.05) is 7.11 Å². The fourth-order valence-corrected chi connectivity index (χ4v) is 1.63. The summed E-state index contributed by atoms with van der Waals surface area (Å²) in [6, 6.07) is 3.56. The topological polar surface area (TPSA) is 26.3 Å². The molecule has 4 heteroatoms. The highest BCUT2D eigenvalue weighted by Crippen LogP contribution is 2.27. The van der Waals surface area contributed by atoms with Crippen LogP contribution < -0.4 is 4.74 Å². The number of ether oxygens (including phenoxy) is 1. The van der Waals surface area contributed by atoms with Gasteiger partial charge in [0, 0.05) is 8.04 Å². The van der Waals surface area contributed by atoms with Crippen LogP contribution in [0.1, 0.15) is 10.4 Å². The average Bonchev–Trinajstić information content (AvgIpc) is 2.09. The SMILES string of the molecule is COc1cc(Br)c(I)cc1C=O. The first-order valence-electron chi connectivity index (χ1n) is 3.17. The molecule has 1 aromatic carbocycles. The molecule has 0 spiro atoms. The summed E-state index contributed by atoms with van der Waals surface area (Å²) in [7, 11) is 1.54. The molecular formula is C8H6BrIO2. The first kappa shape index (κ1) is 9.98. The van der Waals surface area contributed by atoms with Crippen LogP contribution in [0.4, 0.5) is 0 Å². The molecule has 0 heterocycles. The van der Waals surface area contributed by atoms with E-state index in [1.54, 1.807) is 19.2 Å². The van der Waals surface area contributed by atoms with E-state index in [0.717, 1.165) is 14.3 Å². The predicted molar refractivity (Wildman–Crippen MR) is 58.8 cm³/mol. The molecule has 0 atom stereocenters. The second-order valence-corrected chi connectivity index (χ2v) is 4.14. The highest BCUT2D eigenvalue weighted by atomic mass is 127. The van der Waals surface area contributed by atoms with Gasteiger partial charge in [-0.15, -0.1) is 0 Å². The van der Waals surface area contributed by atoms with Gasteiger partial charge in [-0.3, -0.25) is 4.79 Å². The molecule has 64 valence electrons. The van der Waals surface area contributed by atoms with E-state index in [9.17, 15) is 4.79 Å². The van der Waals surface area contributed by atoms with Crippen molar-refractivity contribution in [1.29, 1.82) is 0 Å². The van der Waals surface area contributed by atoms with Crippen molar-refractivity contribution in [3.8, 4) is 5.75 Å². The van der Waals surface area contributed by atoms with Crippen molar-refractivity contribution in [2.24, 2.45) is 0 Å². The van der Waals surface area contributed by atoms with Gasteiger partial charge in [-0.1, -0.05) is 0 Å². The van der Waals surface area contributed by atoms with E-state index < -0.39 is 0 Å². The van der Waals surface area contributed by atoms with Crippen LogP contribution in [-0.2, 0) is 0 Å². The van der Waals surface area contributed by atoms with Crippen LogP contribution in [-0.4, -0.2) is 13.4 Å². The Balaban J connectivity index is 3.28. The third-order valence-corrected chi connectivity index (χ3v) is 3.69. The molecule has 2 nitrogen and oxygen atoms in total. The lowest BCUT2D eigenvalue weighted by atomic mass is 10.2. The predicted octanol–water partition coefficient (Wildman–Crippen LogP) is 2.87. The summed E-state index contributed by atoms with van der Waals surface area (Å²) in [4.78, 5) is 10.6. The second kappa shape index (κ2) is 4.23. The molecule has 0 amide bonds. The number of carbonyl (C=O) groups excluding carboxylic acids is 1. The first-order chi connectivity index (χ1) is 5.69. The maximum Gasteiger partial charge on any atom is 0.153 e. The molecule has 1 aromatic rings. The fraction of sp³-hybridized carbons (Fsp3) is 0.125. The largest absolute Gasteiger partial charge is 0.496 e. The molecule has 0 radical (unpaired) electrons. The van der Waals surface area contributed by atoms with Crippen LogP contribution in [0.3, 0.4) is 0 Å². The molecule has 1 rings (SSSR count). The minimum absolute atomic E-state index is 0.574. The van der Waals surface area contributed by atoms with Gasteiger partial charge in [0.15, 0.2) is 6.29 Å². The van der Waals surface area contributed by atoms with Crippen LogP contribution in [0.2, 0.25) is 0 Å². The highest BCUT2D eigenvalue weighted by molar-refractivity contribution is 14.1. The van der Waals surface area contributed by atoms with E-state index in [1.807, 2.05) is 0 Å². The van der Waals surface area contributed by atoms with Crippen molar-refractivity contribution >= 4 is 44.8 Å². The lowest BCUT2D eigenvalue weighted by Gasteiger charge is -2.04. The Bertz CT molecular complexity index is 312. The van der Waals surface area contributed by atoms with E-state index >= 15 is 0 Å². The average molecular weight is 341 g/mol. The van der Waals surface area contributed by atoms with E-state index in [4.69, 9.17) is 4.74 Å². The summed E-state index contributed by atoms with van der Waals surface area (Å²) in [5.74, 6) is 0.595. The van der Waals surface area contributed by atoms with Crippen molar-refractivity contribution in [1.82, 2.24) is 0 Å². The highest BCUT2D eigenvalue weighted by Gasteiger charge is 2.05. The van der Waals surface area contributed by atoms with Gasteiger partial charge in [-0.05, 0) is 50.7 Å². The molecule has 0 saturated heterocycles. The number of carbonyl (C=O) groups is 1. The Morgan fingerprint density at radius 3 is 2.75 bits per heavy atom. The van der Waals surface area contributed by atoms with E-state index in [0.29, 0.717) is 11.3 Å². The molecule has 0 N–H and O–H groups in total. The Kier molecular flexibility index (Phi) is 3.52. The van der Waals surface area contributed by atoms with E-state index in [-0.39, 0.29) is 0 Å². The summed E-state index contributed by atoms with van der Waals surface area (Å²) >= 11 is 5.49. The number of rotatable bonds is 2. The third kappa shape index (κ3) is 1.98. The van der Waals surface area contributed by atoms with Gasteiger partial charge < -0.3 is 4.74 Å². The molecule has 0 aliphatic carbocycles. The molecule has 0 fully saturated rings. The lowest BCUT2D eigenvalue weighted by Crippen LogP contribution is -1.91. The molecule has 0 aliphatic rings. The first-order valence-corrected chi connectivity index (χ1v) is 5.04. The standard InChI is InChI=1S/C8H6BrIO2/c1-12-8-3-6(9)7(10)2-5(8)4-11/h2-4H,1H3. The number of aldehydes is 1. The van der Waals surface area contributed by atoms with E-state index in [1.165, 1.54) is 0 Å². The smallest absolute Gasteiger partial charge is 0.153 e. The van der Waals surface area contributed by atoms with Gasteiger partial charge in [-0.25, -0.2) is 0 Å². The van der Waals surface area contributed by atoms with Gasteiger partial charge in [0.25, 0.3) is 0 Å². The van der Waals surface area contributed by atoms with Crippen LogP contribution in [0.15, 0.2) is 16.6 Å². The van der Waals surface area contributed by atoms with Gasteiger partial charge in [0.05, 0.1) is 12.7 Å². The van der Waals surface area contributed by atoms with Crippen LogP contribution in [0.25, 0.3) is 0 Å². The summed E-state index contributed by atoms with van der Waals surface area (Å²) in [5.41, 5.74) is 0.574. The summed E-state index contributed by atoms with van der Waals surface area (Å²) < 4.78 is 6.94. The Labute approximate surface area is 92.6 Å². The Morgan fingerprint density at radius 2 is 2.25 bits per heavy atom. The minimum atomic E-state index is 0.574. The number of benzene rings is 1. The Hall–Kier alpha value is -0.100. The maximum absolute atomic E-state index is 10.6. The third-order valence-electron chi connectivity index (χ3n) is 1.40. The van der Waals surface area contributed by atoms with Gasteiger partial charge in [-0.2, -0.15) is 0 Å². The van der Waals surface area contributed by atoms with Crippen LogP contribution >= 0.6 is 38.5 Å². The van der Waals surface area contributed by atoms with Crippen molar-refractivity contribution in [3.63, 3.8) is 0 Å². The molecule has 0 saturated carbocycles. The zero-order valence-electron chi connectivity index (χ0n) is 6.30. The fourth-order valence-electron chi connectivity index (χ4n) is 0.813. The quantitative estimate of drug-likeness (QED) is 0.611. The minimum Gasteiger partial charge on any atom is -0.496 e. The number of hydrogen-bond donors (Lipinski definition) is 0.